The van der Waals surface area contributed by atoms with Crippen molar-refractivity contribution in [2.75, 3.05) is 14.2 Å². The summed E-state index contributed by atoms with van der Waals surface area (Å²) >= 11 is 0. The van der Waals surface area contributed by atoms with Gasteiger partial charge in [-0.3, -0.25) is 9.59 Å². The normalized spacial score (nSPS) is 11.2. The molecule has 6 nitrogen and oxygen atoms in total. The second kappa shape index (κ2) is 5.99. The fourth-order valence-electron chi connectivity index (χ4n) is 0.657. The summed E-state index contributed by atoms with van der Waals surface area (Å²) in [4.78, 5) is 31.5. The van der Waals surface area contributed by atoms with Crippen molar-refractivity contribution in [3.63, 3.8) is 0 Å². The number of nitrogens with one attached hydrogen (secondary N) is 1. The zero-order valence-electron chi connectivity index (χ0n) is 7.33. The molecule has 0 aromatic heterocycles. The van der Waals surface area contributed by atoms with Crippen LogP contribution in [0.2, 0.25) is 0 Å². The molecule has 0 fully saturated rings. The Kier molecular flexibility index (Phi) is 5.25. The molecule has 1 atom stereocenters. The van der Waals surface area contributed by atoms with E-state index in [0.717, 1.165) is 7.11 Å². The zero-order chi connectivity index (χ0) is 10.3. The molecular weight excluding hydrogens is 178 g/mol. The van der Waals surface area contributed by atoms with Crippen molar-refractivity contribution >= 4 is 18.3 Å². The van der Waals surface area contributed by atoms with E-state index in [1.165, 1.54) is 13.5 Å². The Morgan fingerprint density at radius 1 is 1.38 bits per heavy atom. The van der Waals surface area contributed by atoms with Crippen molar-refractivity contribution in [3.05, 3.63) is 0 Å². The van der Waals surface area contributed by atoms with Gasteiger partial charge < -0.3 is 14.8 Å². The number of ether oxygens (including phenoxy) is 2. The number of hydrogen-bond donors (Lipinski definition) is 1. The first-order valence-electron chi connectivity index (χ1n) is 3.43. The predicted molar refractivity (Wildman–Crippen MR) is 41.3 cm³/mol. The molecule has 1 amide bonds. The van der Waals surface area contributed by atoms with Crippen molar-refractivity contribution < 1.29 is 23.9 Å². The van der Waals surface area contributed by atoms with Crippen molar-refractivity contribution in [1.29, 1.82) is 0 Å². The van der Waals surface area contributed by atoms with E-state index in [4.69, 9.17) is 0 Å². The number of rotatable bonds is 5. The van der Waals surface area contributed by atoms with Gasteiger partial charge in [-0.2, -0.15) is 0 Å². The van der Waals surface area contributed by atoms with E-state index in [9.17, 15) is 14.4 Å². The molecule has 0 bridgehead atoms. The van der Waals surface area contributed by atoms with Crippen LogP contribution in [-0.2, 0) is 23.9 Å². The van der Waals surface area contributed by atoms with Crippen LogP contribution in [0.25, 0.3) is 0 Å². The summed E-state index contributed by atoms with van der Waals surface area (Å²) in [6.45, 7) is 0. The Balaban J connectivity index is 4.16. The zero-order valence-corrected chi connectivity index (χ0v) is 7.33. The minimum atomic E-state index is -1.03. The topological polar surface area (TPSA) is 81.7 Å². The maximum atomic E-state index is 10.9. The Hall–Kier alpha value is -1.59. The summed E-state index contributed by atoms with van der Waals surface area (Å²) in [6.07, 6.45) is 1.04. The van der Waals surface area contributed by atoms with E-state index >= 15 is 0 Å². The van der Waals surface area contributed by atoms with Gasteiger partial charge in [-0.15, -0.1) is 0 Å². The average molecular weight is 188 g/mol. The molecule has 0 aliphatic carbocycles. The van der Waals surface area contributed by atoms with Gasteiger partial charge in [0, 0.05) is 0 Å². The third-order valence-electron chi connectivity index (χ3n) is 1.32. The van der Waals surface area contributed by atoms with E-state index in [1.807, 2.05) is 5.32 Å². The second-order valence-corrected chi connectivity index (χ2v) is 2.10. The van der Waals surface area contributed by atoms with Crippen LogP contribution in [0.5, 0.6) is 0 Å². The first-order valence-corrected chi connectivity index (χ1v) is 3.43. The molecule has 0 saturated carbocycles. The Bertz CT molecular complexity index is 203. The first kappa shape index (κ1) is 11.4. The van der Waals surface area contributed by atoms with E-state index in [-0.39, 0.29) is 6.42 Å². The molecule has 0 aromatic rings. The molecule has 0 aliphatic heterocycles. The Morgan fingerprint density at radius 3 is 2.38 bits per heavy atom. The molecule has 0 spiro atoms. The summed E-state index contributed by atoms with van der Waals surface area (Å²) in [7, 11) is 2.33. The van der Waals surface area contributed by atoms with Gasteiger partial charge in [0.15, 0.2) is 0 Å². The van der Waals surface area contributed by atoms with Gasteiger partial charge in [-0.1, -0.05) is 0 Å². The van der Waals surface area contributed by atoms with Crippen molar-refractivity contribution in [3.8, 4) is 0 Å². The largest absolute Gasteiger partial charge is 0.469 e. The maximum absolute atomic E-state index is 10.9. The summed E-state index contributed by atoms with van der Waals surface area (Å²) in [5, 5.41) is 2.02. The van der Waals surface area contributed by atoms with Crippen LogP contribution in [-0.4, -0.2) is 38.6 Å². The maximum Gasteiger partial charge on any atom is 0.328 e. The van der Waals surface area contributed by atoms with Gasteiger partial charge in [0.25, 0.3) is 0 Å². The van der Waals surface area contributed by atoms with Crippen molar-refractivity contribution in [2.24, 2.45) is 0 Å². The fourth-order valence-corrected chi connectivity index (χ4v) is 0.657. The second-order valence-electron chi connectivity index (χ2n) is 2.10. The van der Waals surface area contributed by atoms with Gasteiger partial charge in [0.1, 0.15) is 6.04 Å². The van der Waals surface area contributed by atoms with Gasteiger partial charge in [0.2, 0.25) is 0 Å². The number of hydrogen-bond acceptors (Lipinski definition) is 5. The number of esters is 2. The van der Waals surface area contributed by atoms with Crippen LogP contribution in [0.4, 0.5) is 0 Å². The molecule has 73 valence electrons. The minimum Gasteiger partial charge on any atom is -0.469 e. The summed E-state index contributed by atoms with van der Waals surface area (Å²) < 4.78 is 8.63. The van der Waals surface area contributed by atoms with Crippen LogP contribution < -0.4 is 5.32 Å². The van der Waals surface area contributed by atoms with Crippen LogP contribution in [0.15, 0.2) is 0 Å². The molecule has 0 saturated heterocycles. The molecule has 13 heavy (non-hydrogen) atoms. The lowest BCUT2D eigenvalue weighted by atomic mass is 10.2. The summed E-state index contributed by atoms with van der Waals surface area (Å²) in [6, 6.07) is -1.03. The molecule has 6 heteroatoms. The molecule has 1 N–H and O–H groups in total. The van der Waals surface area contributed by atoms with Gasteiger partial charge in [-0.25, -0.2) is 4.79 Å². The van der Waals surface area contributed by atoms with E-state index in [1.54, 1.807) is 0 Å². The van der Waals surface area contributed by atoms with Gasteiger partial charge in [-0.05, 0) is 0 Å². The molecule has 1 unspecified atom stereocenters. The third kappa shape index (κ3) is 4.09. The predicted octanol–water partition coefficient (Wildman–Crippen LogP) is -1.25. The molecule has 0 rings (SSSR count). The van der Waals surface area contributed by atoms with E-state index in [0.29, 0.717) is 0 Å². The minimum absolute atomic E-state index is 0.265. The standard InChI is InChI=1S/C7H10NO5/c1-12-6(10)3-5(8-4-9)7(11)13-2/h5H,3H2,1-2H3,(H,8,9). The first-order chi connectivity index (χ1) is 6.15. The lowest BCUT2D eigenvalue weighted by Gasteiger charge is -2.10. The lowest BCUT2D eigenvalue weighted by Crippen LogP contribution is -2.38. The van der Waals surface area contributed by atoms with Crippen molar-refractivity contribution in [2.45, 2.75) is 12.5 Å². The summed E-state index contributed by atoms with van der Waals surface area (Å²) in [5.74, 6) is -1.33. The van der Waals surface area contributed by atoms with Crippen LogP contribution in [0.3, 0.4) is 0 Å². The SMILES string of the molecule is COC(=O)CC(N[C]=O)C(=O)OC. The molecule has 0 aromatic carbocycles. The highest BCUT2D eigenvalue weighted by Crippen LogP contribution is 1.95. The number of methoxy groups -OCH3 is 2. The quantitative estimate of drug-likeness (QED) is 0.430. The van der Waals surface area contributed by atoms with Crippen molar-refractivity contribution in [1.82, 2.24) is 5.32 Å². The van der Waals surface area contributed by atoms with Gasteiger partial charge in [0.05, 0.1) is 20.6 Å². The number of carbonyl (C=O) groups is 2. The average Bonchev–Trinajstić information content (AvgIpc) is 2.15. The van der Waals surface area contributed by atoms with Crippen LogP contribution in [0, 0.1) is 0 Å². The van der Waals surface area contributed by atoms with E-state index < -0.39 is 18.0 Å². The third-order valence-corrected chi connectivity index (χ3v) is 1.32. The summed E-state index contributed by atoms with van der Waals surface area (Å²) in [5.41, 5.74) is 0. The van der Waals surface area contributed by atoms with Gasteiger partial charge >= 0.3 is 18.3 Å². The number of carbonyl (C=O) groups excluding carboxylic acids is 3. The lowest BCUT2D eigenvalue weighted by molar-refractivity contribution is -0.149. The monoisotopic (exact) mass is 188 g/mol. The number of amides is 1. The molecule has 0 heterocycles. The Morgan fingerprint density at radius 2 is 2.00 bits per heavy atom. The fraction of sp³-hybridized carbons (Fsp3) is 0.571. The smallest absolute Gasteiger partial charge is 0.328 e. The molecular formula is C7H10NO5. The highest BCUT2D eigenvalue weighted by atomic mass is 16.5. The van der Waals surface area contributed by atoms with Crippen LogP contribution >= 0.6 is 0 Å². The molecule has 1 radical (unpaired) electrons. The van der Waals surface area contributed by atoms with Crippen LogP contribution in [0.1, 0.15) is 6.42 Å². The Labute approximate surface area is 75.2 Å². The highest BCUT2D eigenvalue weighted by Gasteiger charge is 2.22. The highest BCUT2D eigenvalue weighted by molar-refractivity contribution is 5.84. The molecule has 0 aliphatic rings. The van der Waals surface area contributed by atoms with E-state index in [2.05, 4.69) is 9.47 Å².